The van der Waals surface area contributed by atoms with Gasteiger partial charge in [-0.2, -0.15) is 5.10 Å². The van der Waals surface area contributed by atoms with Gasteiger partial charge in [-0.15, -0.1) is 11.3 Å². The molecular formula is C25H25N5O2S. The highest BCUT2D eigenvalue weighted by atomic mass is 32.1. The standard InChI is InChI=1S/C25H25N5O2S/c1-16(2)30-24-20(15-27-30)19(13-21(28-24)22-5-4-12-33-22)25(32)26-14-17-7-9-18(10-8-17)29-11-3-6-23(29)31/h4-5,7-10,12-13,15-16H,3,6,11,14H2,1-2H3,(H,26,32). The Bertz CT molecular complexity index is 1310. The second-order valence-corrected chi connectivity index (χ2v) is 9.40. The number of rotatable bonds is 6. The van der Waals surface area contributed by atoms with Gasteiger partial charge in [0.05, 0.1) is 27.7 Å². The molecule has 2 amide bonds. The van der Waals surface area contributed by atoms with E-state index in [1.54, 1.807) is 17.5 Å². The maximum atomic E-state index is 13.2. The van der Waals surface area contributed by atoms with Crippen LogP contribution in [0.3, 0.4) is 0 Å². The van der Waals surface area contributed by atoms with Gasteiger partial charge in [-0.1, -0.05) is 18.2 Å². The molecule has 0 atom stereocenters. The van der Waals surface area contributed by atoms with E-state index in [1.807, 2.05) is 71.3 Å². The summed E-state index contributed by atoms with van der Waals surface area (Å²) >= 11 is 1.59. The fourth-order valence-corrected chi connectivity index (χ4v) is 4.81. The van der Waals surface area contributed by atoms with Crippen molar-refractivity contribution in [2.24, 2.45) is 0 Å². The molecule has 3 aromatic heterocycles. The molecule has 1 aromatic carbocycles. The van der Waals surface area contributed by atoms with Crippen LogP contribution in [-0.2, 0) is 11.3 Å². The number of pyridine rings is 1. The van der Waals surface area contributed by atoms with Crippen LogP contribution in [0, 0.1) is 0 Å². The number of nitrogens with one attached hydrogen (secondary N) is 1. The smallest absolute Gasteiger partial charge is 0.252 e. The third-order valence-corrected chi connectivity index (χ3v) is 6.74. The van der Waals surface area contributed by atoms with Gasteiger partial charge in [-0.25, -0.2) is 9.67 Å². The van der Waals surface area contributed by atoms with Gasteiger partial charge in [0.15, 0.2) is 5.65 Å². The number of nitrogens with zero attached hydrogens (tertiary/aromatic N) is 4. The van der Waals surface area contributed by atoms with Crippen molar-refractivity contribution in [2.45, 2.75) is 39.3 Å². The predicted molar refractivity (Wildman–Crippen MR) is 130 cm³/mol. The lowest BCUT2D eigenvalue weighted by Crippen LogP contribution is -2.24. The summed E-state index contributed by atoms with van der Waals surface area (Å²) in [5.41, 5.74) is 3.92. The lowest BCUT2D eigenvalue weighted by Gasteiger charge is -2.16. The second-order valence-electron chi connectivity index (χ2n) is 8.45. The zero-order chi connectivity index (χ0) is 22.9. The summed E-state index contributed by atoms with van der Waals surface area (Å²) in [5, 5.41) is 10.3. The molecule has 0 unspecified atom stereocenters. The molecule has 0 aliphatic carbocycles. The minimum atomic E-state index is -0.165. The van der Waals surface area contributed by atoms with E-state index >= 15 is 0 Å². The molecule has 1 fully saturated rings. The summed E-state index contributed by atoms with van der Waals surface area (Å²) in [6.07, 6.45) is 3.23. The van der Waals surface area contributed by atoms with Crippen LogP contribution in [0.4, 0.5) is 5.69 Å². The lowest BCUT2D eigenvalue weighted by molar-refractivity contribution is -0.117. The van der Waals surface area contributed by atoms with E-state index in [2.05, 4.69) is 10.4 Å². The van der Waals surface area contributed by atoms with Gasteiger partial charge < -0.3 is 10.2 Å². The summed E-state index contributed by atoms with van der Waals surface area (Å²) in [6.45, 7) is 5.25. The number of hydrogen-bond donors (Lipinski definition) is 1. The SMILES string of the molecule is CC(C)n1ncc2c(C(=O)NCc3ccc(N4CCCC4=O)cc3)cc(-c3cccs3)nc21. The molecule has 4 aromatic rings. The van der Waals surface area contributed by atoms with Crippen LogP contribution < -0.4 is 10.2 Å². The molecule has 7 nitrogen and oxygen atoms in total. The lowest BCUT2D eigenvalue weighted by atomic mass is 10.1. The first-order chi connectivity index (χ1) is 16.0. The molecule has 168 valence electrons. The Balaban J connectivity index is 1.39. The molecular weight excluding hydrogens is 434 g/mol. The van der Waals surface area contributed by atoms with Crippen LogP contribution in [0.1, 0.15) is 48.7 Å². The Hall–Kier alpha value is -3.52. The first-order valence-electron chi connectivity index (χ1n) is 11.1. The van der Waals surface area contributed by atoms with Crippen LogP contribution in [0.15, 0.2) is 54.0 Å². The maximum Gasteiger partial charge on any atom is 0.252 e. The van der Waals surface area contributed by atoms with Gasteiger partial charge >= 0.3 is 0 Å². The van der Waals surface area contributed by atoms with E-state index in [1.165, 1.54) is 0 Å². The largest absolute Gasteiger partial charge is 0.348 e. The highest BCUT2D eigenvalue weighted by Crippen LogP contribution is 2.29. The van der Waals surface area contributed by atoms with Crippen molar-refractivity contribution in [3.05, 3.63) is 65.2 Å². The number of amides is 2. The van der Waals surface area contributed by atoms with Gasteiger partial charge in [0.25, 0.3) is 5.91 Å². The summed E-state index contributed by atoms with van der Waals surface area (Å²) in [4.78, 5) is 32.8. The van der Waals surface area contributed by atoms with Gasteiger partial charge in [-0.3, -0.25) is 9.59 Å². The molecule has 33 heavy (non-hydrogen) atoms. The monoisotopic (exact) mass is 459 g/mol. The summed E-state index contributed by atoms with van der Waals surface area (Å²) < 4.78 is 1.85. The molecule has 0 spiro atoms. The van der Waals surface area contributed by atoms with E-state index in [4.69, 9.17) is 4.98 Å². The van der Waals surface area contributed by atoms with Crippen molar-refractivity contribution in [2.75, 3.05) is 11.4 Å². The molecule has 0 saturated carbocycles. The summed E-state index contributed by atoms with van der Waals surface area (Å²) in [6, 6.07) is 13.7. The Morgan fingerprint density at radius 1 is 1.21 bits per heavy atom. The van der Waals surface area contributed by atoms with Gasteiger partial charge in [0.1, 0.15) is 0 Å². The Morgan fingerprint density at radius 2 is 2.03 bits per heavy atom. The molecule has 1 aliphatic heterocycles. The van der Waals surface area contributed by atoms with E-state index in [-0.39, 0.29) is 17.9 Å². The fourth-order valence-electron chi connectivity index (χ4n) is 4.13. The Morgan fingerprint density at radius 3 is 2.70 bits per heavy atom. The van der Waals surface area contributed by atoms with Crippen molar-refractivity contribution in [1.82, 2.24) is 20.1 Å². The number of fused-ring (bicyclic) bond motifs is 1. The number of aromatic nitrogens is 3. The van der Waals surface area contributed by atoms with Crippen molar-refractivity contribution >= 4 is 39.9 Å². The van der Waals surface area contributed by atoms with Crippen molar-refractivity contribution < 1.29 is 9.59 Å². The molecule has 1 aliphatic rings. The molecule has 4 heterocycles. The number of anilines is 1. The molecule has 0 radical (unpaired) electrons. The first-order valence-corrected chi connectivity index (χ1v) is 12.0. The topological polar surface area (TPSA) is 80.1 Å². The number of benzene rings is 1. The van der Waals surface area contributed by atoms with Crippen molar-refractivity contribution in [3.8, 4) is 10.6 Å². The van der Waals surface area contributed by atoms with Crippen LogP contribution >= 0.6 is 11.3 Å². The minimum absolute atomic E-state index is 0.130. The fraction of sp³-hybridized carbons (Fsp3) is 0.280. The number of hydrogen-bond acceptors (Lipinski definition) is 5. The highest BCUT2D eigenvalue weighted by molar-refractivity contribution is 7.13. The van der Waals surface area contributed by atoms with E-state index in [0.29, 0.717) is 24.2 Å². The van der Waals surface area contributed by atoms with Gasteiger partial charge in [0.2, 0.25) is 5.91 Å². The number of carbonyl (C=O) groups excluding carboxylic acids is 2. The third-order valence-electron chi connectivity index (χ3n) is 5.85. The number of carbonyl (C=O) groups is 2. The highest BCUT2D eigenvalue weighted by Gasteiger charge is 2.22. The van der Waals surface area contributed by atoms with Gasteiger partial charge in [-0.05, 0) is 55.5 Å². The van der Waals surface area contributed by atoms with E-state index in [9.17, 15) is 9.59 Å². The first kappa shape index (κ1) is 21.3. The number of thiophene rings is 1. The van der Waals surface area contributed by atoms with E-state index < -0.39 is 0 Å². The summed E-state index contributed by atoms with van der Waals surface area (Å²) in [5.74, 6) is 0.00329. The van der Waals surface area contributed by atoms with Crippen LogP contribution in [0.5, 0.6) is 0 Å². The van der Waals surface area contributed by atoms with Crippen LogP contribution in [0.2, 0.25) is 0 Å². The third kappa shape index (κ3) is 4.14. The molecule has 8 heteroatoms. The van der Waals surface area contributed by atoms with Crippen LogP contribution in [-0.4, -0.2) is 33.1 Å². The average molecular weight is 460 g/mol. The zero-order valence-corrected chi connectivity index (χ0v) is 19.4. The normalized spacial score (nSPS) is 13.9. The molecule has 5 rings (SSSR count). The summed E-state index contributed by atoms with van der Waals surface area (Å²) in [7, 11) is 0. The Labute approximate surface area is 196 Å². The van der Waals surface area contributed by atoms with E-state index in [0.717, 1.165) is 40.2 Å². The Kier molecular flexibility index (Phi) is 5.68. The second kappa shape index (κ2) is 8.78. The molecule has 0 bridgehead atoms. The van der Waals surface area contributed by atoms with Crippen LogP contribution in [0.25, 0.3) is 21.6 Å². The predicted octanol–water partition coefficient (Wildman–Crippen LogP) is 4.80. The minimum Gasteiger partial charge on any atom is -0.348 e. The molecule has 1 saturated heterocycles. The van der Waals surface area contributed by atoms with Crippen molar-refractivity contribution in [3.63, 3.8) is 0 Å². The average Bonchev–Trinajstić information content (AvgIpc) is 3.57. The molecule has 1 N–H and O–H groups in total. The quantitative estimate of drug-likeness (QED) is 0.449. The van der Waals surface area contributed by atoms with Gasteiger partial charge in [0, 0.05) is 31.2 Å². The van der Waals surface area contributed by atoms with Crippen molar-refractivity contribution in [1.29, 1.82) is 0 Å². The zero-order valence-electron chi connectivity index (χ0n) is 18.6. The maximum absolute atomic E-state index is 13.2.